The predicted molar refractivity (Wildman–Crippen MR) is 83.1 cm³/mol. The highest BCUT2D eigenvalue weighted by Gasteiger charge is 2.15. The van der Waals surface area contributed by atoms with Crippen LogP contribution < -0.4 is 0 Å². The molecule has 1 aromatic carbocycles. The lowest BCUT2D eigenvalue weighted by molar-refractivity contribution is 0.100. The highest BCUT2D eigenvalue weighted by atomic mass is 35.5. The van der Waals surface area contributed by atoms with Crippen LogP contribution in [0.2, 0.25) is 10.0 Å². The Labute approximate surface area is 131 Å². The molecule has 0 saturated heterocycles. The summed E-state index contributed by atoms with van der Waals surface area (Å²) in [5, 5.41) is 0.983. The fourth-order valence-electron chi connectivity index (χ4n) is 2.20. The van der Waals surface area contributed by atoms with Crippen molar-refractivity contribution in [3.8, 4) is 0 Å². The van der Waals surface area contributed by atoms with Crippen LogP contribution in [-0.4, -0.2) is 20.3 Å². The number of hydrogen-bond acceptors (Lipinski definition) is 3. The van der Waals surface area contributed by atoms with Gasteiger partial charge >= 0.3 is 0 Å². The summed E-state index contributed by atoms with van der Waals surface area (Å²) in [6, 6.07) is 9.01. The minimum Gasteiger partial charge on any atom is -0.302 e. The zero-order valence-corrected chi connectivity index (χ0v) is 12.7. The topological polar surface area (TPSA) is 47.8 Å². The Kier molecular flexibility index (Phi) is 3.66. The maximum absolute atomic E-state index is 11.8. The summed E-state index contributed by atoms with van der Waals surface area (Å²) in [5.41, 5.74) is 2.30. The number of halogens is 2. The molecule has 0 radical (unpaired) electrons. The van der Waals surface area contributed by atoms with Crippen molar-refractivity contribution in [2.75, 3.05) is 0 Å². The second kappa shape index (κ2) is 5.47. The van der Waals surface area contributed by atoms with Gasteiger partial charge in [-0.1, -0.05) is 29.3 Å². The van der Waals surface area contributed by atoms with Gasteiger partial charge in [0.1, 0.15) is 5.52 Å². The quantitative estimate of drug-likeness (QED) is 0.686. The summed E-state index contributed by atoms with van der Waals surface area (Å²) in [6.07, 6.45) is 1.68. The molecule has 0 saturated carbocycles. The SMILES string of the molecule is CC(=O)c1nc2cccnc2n1Cc1ccc(Cl)c(Cl)c1. The third-order valence-electron chi connectivity index (χ3n) is 3.14. The molecular formula is C15H11Cl2N3O. The van der Waals surface area contributed by atoms with Gasteiger partial charge in [0.15, 0.2) is 17.3 Å². The number of nitrogens with zero attached hydrogens (tertiary/aromatic N) is 3. The normalized spacial score (nSPS) is 11.0. The van der Waals surface area contributed by atoms with E-state index in [4.69, 9.17) is 23.2 Å². The average molecular weight is 320 g/mol. The first kappa shape index (κ1) is 14.0. The van der Waals surface area contributed by atoms with E-state index in [0.717, 1.165) is 5.56 Å². The van der Waals surface area contributed by atoms with Gasteiger partial charge in [-0.3, -0.25) is 4.79 Å². The first-order chi connectivity index (χ1) is 10.1. The molecule has 4 nitrogen and oxygen atoms in total. The number of benzene rings is 1. The summed E-state index contributed by atoms with van der Waals surface area (Å²) >= 11 is 12.0. The molecule has 0 unspecified atom stereocenters. The predicted octanol–water partition coefficient (Wildman–Crippen LogP) is 3.99. The number of imidazole rings is 1. The van der Waals surface area contributed by atoms with Gasteiger partial charge in [-0.05, 0) is 29.8 Å². The van der Waals surface area contributed by atoms with Gasteiger partial charge in [0, 0.05) is 13.1 Å². The first-order valence-electron chi connectivity index (χ1n) is 6.32. The first-order valence-corrected chi connectivity index (χ1v) is 7.08. The van der Waals surface area contributed by atoms with E-state index in [1.54, 1.807) is 29.0 Å². The van der Waals surface area contributed by atoms with Gasteiger partial charge in [0.2, 0.25) is 0 Å². The molecule has 0 aliphatic carbocycles. The van der Waals surface area contributed by atoms with Gasteiger partial charge in [-0.2, -0.15) is 0 Å². The van der Waals surface area contributed by atoms with Crippen LogP contribution in [0.15, 0.2) is 36.5 Å². The summed E-state index contributed by atoms with van der Waals surface area (Å²) in [7, 11) is 0. The number of ketones is 1. The van der Waals surface area contributed by atoms with Crippen LogP contribution in [0, 0.1) is 0 Å². The monoisotopic (exact) mass is 319 g/mol. The van der Waals surface area contributed by atoms with Crippen molar-refractivity contribution in [1.82, 2.24) is 14.5 Å². The number of carbonyl (C=O) groups is 1. The van der Waals surface area contributed by atoms with Crippen LogP contribution in [0.5, 0.6) is 0 Å². The minimum absolute atomic E-state index is 0.104. The van der Waals surface area contributed by atoms with Crippen molar-refractivity contribution in [1.29, 1.82) is 0 Å². The maximum atomic E-state index is 11.8. The lowest BCUT2D eigenvalue weighted by atomic mass is 10.2. The Bertz CT molecular complexity index is 842. The molecule has 0 N–H and O–H groups in total. The van der Waals surface area contributed by atoms with E-state index in [2.05, 4.69) is 9.97 Å². The Hall–Kier alpha value is -1.91. The van der Waals surface area contributed by atoms with E-state index in [9.17, 15) is 4.79 Å². The lowest BCUT2D eigenvalue weighted by Gasteiger charge is -2.08. The fraction of sp³-hybridized carbons (Fsp3) is 0.133. The molecule has 0 amide bonds. The number of aromatic nitrogens is 3. The third-order valence-corrected chi connectivity index (χ3v) is 3.88. The van der Waals surface area contributed by atoms with Crippen molar-refractivity contribution >= 4 is 40.1 Å². The van der Waals surface area contributed by atoms with Crippen LogP contribution in [0.1, 0.15) is 23.1 Å². The summed E-state index contributed by atoms with van der Waals surface area (Å²) < 4.78 is 1.79. The standard InChI is InChI=1S/C15H11Cl2N3O/c1-9(21)14-19-13-3-2-6-18-15(13)20(14)8-10-4-5-11(16)12(17)7-10/h2-7H,8H2,1H3. The molecule has 0 aliphatic heterocycles. The largest absolute Gasteiger partial charge is 0.302 e. The van der Waals surface area contributed by atoms with Crippen molar-refractivity contribution in [2.24, 2.45) is 0 Å². The second-order valence-corrected chi connectivity index (χ2v) is 5.49. The van der Waals surface area contributed by atoms with Gasteiger partial charge in [-0.15, -0.1) is 0 Å². The Morgan fingerprint density at radius 1 is 1.24 bits per heavy atom. The van der Waals surface area contributed by atoms with Crippen molar-refractivity contribution < 1.29 is 4.79 Å². The van der Waals surface area contributed by atoms with Gasteiger partial charge in [0.05, 0.1) is 16.6 Å². The van der Waals surface area contributed by atoms with Crippen molar-refractivity contribution in [3.63, 3.8) is 0 Å². The van der Waals surface area contributed by atoms with Crippen LogP contribution in [0.3, 0.4) is 0 Å². The zero-order chi connectivity index (χ0) is 15.0. The minimum atomic E-state index is -0.104. The molecule has 0 fully saturated rings. The van der Waals surface area contributed by atoms with E-state index in [1.807, 2.05) is 12.1 Å². The molecule has 106 valence electrons. The average Bonchev–Trinajstić information content (AvgIpc) is 2.82. The zero-order valence-electron chi connectivity index (χ0n) is 11.2. The number of fused-ring (bicyclic) bond motifs is 1. The van der Waals surface area contributed by atoms with Crippen molar-refractivity contribution in [3.05, 3.63) is 58.0 Å². The lowest BCUT2D eigenvalue weighted by Crippen LogP contribution is -2.09. The van der Waals surface area contributed by atoms with Crippen LogP contribution >= 0.6 is 23.2 Å². The van der Waals surface area contributed by atoms with Crippen LogP contribution in [0.25, 0.3) is 11.2 Å². The molecule has 0 spiro atoms. The number of carbonyl (C=O) groups excluding carboxylic acids is 1. The number of pyridine rings is 1. The molecule has 2 heterocycles. The molecule has 0 bridgehead atoms. The molecule has 0 aliphatic rings. The Balaban J connectivity index is 2.12. The molecule has 2 aromatic heterocycles. The third kappa shape index (κ3) is 2.64. The summed E-state index contributed by atoms with van der Waals surface area (Å²) in [4.78, 5) is 20.4. The Morgan fingerprint density at radius 3 is 2.76 bits per heavy atom. The highest BCUT2D eigenvalue weighted by Crippen LogP contribution is 2.24. The van der Waals surface area contributed by atoms with E-state index >= 15 is 0 Å². The smallest absolute Gasteiger partial charge is 0.195 e. The highest BCUT2D eigenvalue weighted by molar-refractivity contribution is 6.42. The van der Waals surface area contributed by atoms with Gasteiger partial charge in [0.25, 0.3) is 0 Å². The second-order valence-electron chi connectivity index (χ2n) is 4.67. The van der Waals surface area contributed by atoms with Crippen molar-refractivity contribution in [2.45, 2.75) is 13.5 Å². The summed E-state index contributed by atoms with van der Waals surface area (Å²) in [6.45, 7) is 1.95. The van der Waals surface area contributed by atoms with Crippen LogP contribution in [0.4, 0.5) is 0 Å². The molecule has 21 heavy (non-hydrogen) atoms. The van der Waals surface area contributed by atoms with Gasteiger partial charge < -0.3 is 4.57 Å². The number of Topliss-reactive ketones (excluding diaryl/α,β-unsaturated/α-hetero) is 1. The maximum Gasteiger partial charge on any atom is 0.195 e. The molecule has 3 rings (SSSR count). The van der Waals surface area contributed by atoms with E-state index in [1.165, 1.54) is 6.92 Å². The van der Waals surface area contributed by atoms with E-state index in [0.29, 0.717) is 33.6 Å². The molecule has 3 aromatic rings. The van der Waals surface area contributed by atoms with E-state index in [-0.39, 0.29) is 5.78 Å². The fourth-order valence-corrected chi connectivity index (χ4v) is 2.52. The summed E-state index contributed by atoms with van der Waals surface area (Å²) in [5.74, 6) is 0.280. The van der Waals surface area contributed by atoms with E-state index < -0.39 is 0 Å². The van der Waals surface area contributed by atoms with Crippen LogP contribution in [-0.2, 0) is 6.54 Å². The molecular weight excluding hydrogens is 309 g/mol. The number of hydrogen-bond donors (Lipinski definition) is 0. The number of rotatable bonds is 3. The Morgan fingerprint density at radius 2 is 2.05 bits per heavy atom. The molecule has 0 atom stereocenters. The van der Waals surface area contributed by atoms with Gasteiger partial charge in [-0.25, -0.2) is 9.97 Å². The molecule has 6 heteroatoms.